The number of rotatable bonds is 2. The van der Waals surface area contributed by atoms with Gasteiger partial charge in [-0.05, 0) is 20.3 Å². The molecule has 1 heterocycles. The summed E-state index contributed by atoms with van der Waals surface area (Å²) >= 11 is 0. The molecule has 0 aliphatic carbocycles. The summed E-state index contributed by atoms with van der Waals surface area (Å²) in [6.45, 7) is 3.84. The Hall–Kier alpha value is -0.0900. The molecule has 66 valence electrons. The fourth-order valence-corrected chi connectivity index (χ4v) is 2.85. The normalized spacial score (nSPS) is 29.5. The van der Waals surface area contributed by atoms with Crippen LogP contribution in [0.15, 0.2) is 0 Å². The van der Waals surface area contributed by atoms with Crippen molar-refractivity contribution in [1.82, 2.24) is 0 Å². The van der Waals surface area contributed by atoms with Crippen LogP contribution in [-0.4, -0.2) is 32.1 Å². The molecule has 3 nitrogen and oxygen atoms in total. The predicted octanol–water partition coefficient (Wildman–Crippen LogP) is 0.599. The Bertz CT molecular complexity index is 218. The Morgan fingerprint density at radius 1 is 1.45 bits per heavy atom. The lowest BCUT2D eigenvalue weighted by atomic mass is 10.3. The third-order valence-electron chi connectivity index (χ3n) is 1.66. The first-order valence-electron chi connectivity index (χ1n) is 3.85. The topological polar surface area (TPSA) is 43.4 Å². The monoisotopic (exact) mass is 178 g/mol. The van der Waals surface area contributed by atoms with Crippen molar-refractivity contribution in [3.63, 3.8) is 0 Å². The van der Waals surface area contributed by atoms with E-state index in [1.165, 1.54) is 0 Å². The first-order valence-corrected chi connectivity index (χ1v) is 5.67. The van der Waals surface area contributed by atoms with Crippen molar-refractivity contribution in [2.45, 2.75) is 32.5 Å². The lowest BCUT2D eigenvalue weighted by Crippen LogP contribution is -2.18. The third-order valence-corrected chi connectivity index (χ3v) is 3.39. The van der Waals surface area contributed by atoms with Crippen molar-refractivity contribution >= 4 is 9.84 Å². The first-order chi connectivity index (χ1) is 4.99. The summed E-state index contributed by atoms with van der Waals surface area (Å²) < 4.78 is 27.3. The van der Waals surface area contributed by atoms with Gasteiger partial charge in [0, 0.05) is 0 Å². The fraction of sp³-hybridized carbons (Fsp3) is 1.00. The largest absolute Gasteiger partial charge is 0.374 e. The van der Waals surface area contributed by atoms with Crippen molar-refractivity contribution in [3.05, 3.63) is 0 Å². The van der Waals surface area contributed by atoms with Gasteiger partial charge in [-0.2, -0.15) is 0 Å². The fourth-order valence-electron chi connectivity index (χ4n) is 1.25. The minimum atomic E-state index is -2.77. The van der Waals surface area contributed by atoms with Crippen LogP contribution in [0.1, 0.15) is 20.3 Å². The highest BCUT2D eigenvalue weighted by molar-refractivity contribution is 7.91. The maximum absolute atomic E-state index is 10.9. The summed E-state index contributed by atoms with van der Waals surface area (Å²) in [6, 6.07) is 0. The maximum Gasteiger partial charge on any atom is 0.152 e. The number of hydrogen-bond donors (Lipinski definition) is 0. The molecule has 4 heteroatoms. The van der Waals surface area contributed by atoms with Crippen LogP contribution in [0.2, 0.25) is 0 Å². The van der Waals surface area contributed by atoms with E-state index in [1.54, 1.807) is 0 Å². The second-order valence-electron chi connectivity index (χ2n) is 3.21. The van der Waals surface area contributed by atoms with Gasteiger partial charge in [0.15, 0.2) is 9.84 Å². The van der Waals surface area contributed by atoms with Crippen molar-refractivity contribution in [3.8, 4) is 0 Å². The van der Waals surface area contributed by atoms with Gasteiger partial charge in [-0.3, -0.25) is 0 Å². The molecule has 0 aromatic carbocycles. The van der Waals surface area contributed by atoms with Gasteiger partial charge in [0.05, 0.1) is 23.7 Å². The zero-order valence-electron chi connectivity index (χ0n) is 6.91. The maximum atomic E-state index is 10.9. The van der Waals surface area contributed by atoms with Gasteiger partial charge in [-0.1, -0.05) is 0 Å². The molecule has 0 spiro atoms. The summed E-state index contributed by atoms with van der Waals surface area (Å²) in [4.78, 5) is 0. The second kappa shape index (κ2) is 3.11. The molecule has 0 radical (unpaired) electrons. The lowest BCUT2D eigenvalue weighted by molar-refractivity contribution is 0.0235. The number of sulfone groups is 1. The summed E-state index contributed by atoms with van der Waals surface area (Å²) in [5.74, 6) is 0.509. The molecular weight excluding hydrogens is 164 g/mol. The molecule has 0 aromatic heterocycles. The molecule has 0 N–H and O–H groups in total. The summed E-state index contributed by atoms with van der Waals surface area (Å²) in [6.07, 6.45) is 0.744. The van der Waals surface area contributed by atoms with Gasteiger partial charge in [0.1, 0.15) is 0 Å². The van der Waals surface area contributed by atoms with Crippen LogP contribution in [0, 0.1) is 0 Å². The zero-order chi connectivity index (χ0) is 8.48. The highest BCUT2D eigenvalue weighted by atomic mass is 32.2. The molecule has 1 saturated heterocycles. The lowest BCUT2D eigenvalue weighted by Gasteiger charge is -2.12. The Labute approximate surface area is 67.7 Å². The minimum absolute atomic E-state index is 0.0556. The molecular formula is C7H14O3S. The molecule has 11 heavy (non-hydrogen) atoms. The van der Waals surface area contributed by atoms with Crippen LogP contribution in [0.5, 0.6) is 0 Å². The molecule has 0 unspecified atom stereocenters. The second-order valence-corrected chi connectivity index (χ2v) is 5.44. The molecule has 0 bridgehead atoms. The van der Waals surface area contributed by atoms with E-state index in [0.29, 0.717) is 12.2 Å². The molecule has 0 amide bonds. The van der Waals surface area contributed by atoms with E-state index >= 15 is 0 Å². The molecule has 0 aromatic rings. The quantitative estimate of drug-likeness (QED) is 0.622. The molecule has 1 aliphatic rings. The molecule has 1 rings (SSSR count). The van der Waals surface area contributed by atoms with Crippen LogP contribution in [0.3, 0.4) is 0 Å². The van der Waals surface area contributed by atoms with Crippen molar-refractivity contribution in [2.75, 3.05) is 11.5 Å². The van der Waals surface area contributed by atoms with Crippen LogP contribution in [-0.2, 0) is 14.6 Å². The van der Waals surface area contributed by atoms with E-state index < -0.39 is 9.84 Å². The number of hydrogen-bond acceptors (Lipinski definition) is 3. The minimum Gasteiger partial charge on any atom is -0.374 e. The van der Waals surface area contributed by atoms with Crippen molar-refractivity contribution < 1.29 is 13.2 Å². The standard InChI is InChI=1S/C7H14O3S/c1-6(2)10-7-3-4-11(8,9)5-7/h6-7H,3-5H2,1-2H3/t7-/m0/s1. The van der Waals surface area contributed by atoms with Gasteiger partial charge in [0.2, 0.25) is 0 Å². The smallest absolute Gasteiger partial charge is 0.152 e. The van der Waals surface area contributed by atoms with Crippen LogP contribution >= 0.6 is 0 Å². The average molecular weight is 178 g/mol. The zero-order valence-corrected chi connectivity index (χ0v) is 7.73. The summed E-state index contributed by atoms with van der Waals surface area (Å²) in [5.41, 5.74) is 0. The first kappa shape index (κ1) is 9.00. The van der Waals surface area contributed by atoms with Crippen LogP contribution in [0.4, 0.5) is 0 Å². The molecule has 1 aliphatic heterocycles. The Balaban J connectivity index is 2.43. The highest BCUT2D eigenvalue weighted by Gasteiger charge is 2.28. The Morgan fingerprint density at radius 3 is 2.45 bits per heavy atom. The van der Waals surface area contributed by atoms with Gasteiger partial charge < -0.3 is 4.74 Å². The van der Waals surface area contributed by atoms with Gasteiger partial charge in [-0.15, -0.1) is 0 Å². The predicted molar refractivity (Wildman–Crippen MR) is 43.3 cm³/mol. The number of ether oxygens (including phenoxy) is 1. The third kappa shape index (κ3) is 2.79. The van der Waals surface area contributed by atoms with Gasteiger partial charge in [0.25, 0.3) is 0 Å². The van der Waals surface area contributed by atoms with Gasteiger partial charge >= 0.3 is 0 Å². The van der Waals surface area contributed by atoms with Gasteiger partial charge in [-0.25, -0.2) is 8.42 Å². The Kier molecular flexibility index (Phi) is 2.54. The molecule has 1 fully saturated rings. The van der Waals surface area contributed by atoms with E-state index in [-0.39, 0.29) is 18.0 Å². The van der Waals surface area contributed by atoms with Crippen molar-refractivity contribution in [2.24, 2.45) is 0 Å². The van der Waals surface area contributed by atoms with E-state index in [0.717, 1.165) is 0 Å². The molecule has 1 atom stereocenters. The van der Waals surface area contributed by atoms with E-state index in [4.69, 9.17) is 4.74 Å². The summed E-state index contributed by atoms with van der Waals surface area (Å²) in [5, 5.41) is 0. The van der Waals surface area contributed by atoms with E-state index in [2.05, 4.69) is 0 Å². The average Bonchev–Trinajstić information content (AvgIpc) is 2.08. The van der Waals surface area contributed by atoms with Crippen molar-refractivity contribution in [1.29, 1.82) is 0 Å². The van der Waals surface area contributed by atoms with Crippen LogP contribution < -0.4 is 0 Å². The highest BCUT2D eigenvalue weighted by Crippen LogP contribution is 2.15. The molecule has 0 saturated carbocycles. The van der Waals surface area contributed by atoms with E-state index in [9.17, 15) is 8.42 Å². The summed E-state index contributed by atoms with van der Waals surface area (Å²) in [7, 11) is -2.77. The SMILES string of the molecule is CC(C)O[C@H]1CCS(=O)(=O)C1. The Morgan fingerprint density at radius 2 is 2.09 bits per heavy atom. The van der Waals surface area contributed by atoms with Crippen LogP contribution in [0.25, 0.3) is 0 Å². The van der Waals surface area contributed by atoms with E-state index in [1.807, 2.05) is 13.8 Å².